The highest BCUT2D eigenvalue weighted by atomic mass is 32.2. The normalized spacial score (nSPS) is 23.9. The molecule has 8 heteroatoms. The monoisotopic (exact) mass is 397 g/mol. The third kappa shape index (κ3) is 2.62. The molecule has 7 nitrogen and oxygen atoms in total. The number of anilines is 1. The van der Waals surface area contributed by atoms with Crippen molar-refractivity contribution in [1.82, 2.24) is 19.9 Å². The number of fused-ring (bicyclic) bond motifs is 2. The third-order valence-electron chi connectivity index (χ3n) is 5.74. The van der Waals surface area contributed by atoms with Crippen molar-refractivity contribution >= 4 is 28.0 Å². The zero-order valence-electron chi connectivity index (χ0n) is 16.2. The first kappa shape index (κ1) is 17.9. The van der Waals surface area contributed by atoms with E-state index in [1.54, 1.807) is 6.20 Å². The second-order valence-electron chi connectivity index (χ2n) is 7.91. The molecule has 2 aliphatic heterocycles. The third-order valence-corrected chi connectivity index (χ3v) is 7.62. The summed E-state index contributed by atoms with van der Waals surface area (Å²) in [6, 6.07) is 4.15. The Morgan fingerprint density at radius 2 is 2.18 bits per heavy atom. The first-order chi connectivity index (χ1) is 13.5. The molecule has 5 rings (SSSR count). The van der Waals surface area contributed by atoms with E-state index in [1.807, 2.05) is 32.2 Å². The number of nitrogens with one attached hydrogen (secondary N) is 1. The number of H-pyrrole nitrogens is 1. The van der Waals surface area contributed by atoms with E-state index in [4.69, 9.17) is 14.7 Å². The first-order valence-corrected chi connectivity index (χ1v) is 10.9. The maximum absolute atomic E-state index is 12.9. The van der Waals surface area contributed by atoms with Gasteiger partial charge in [0.2, 0.25) is 0 Å². The van der Waals surface area contributed by atoms with Crippen LogP contribution in [0.25, 0.3) is 22.4 Å². The van der Waals surface area contributed by atoms with Gasteiger partial charge in [0.1, 0.15) is 22.9 Å². The van der Waals surface area contributed by atoms with E-state index in [9.17, 15) is 4.55 Å². The summed E-state index contributed by atoms with van der Waals surface area (Å²) in [6.45, 7) is 8.27. The lowest BCUT2D eigenvalue weighted by Crippen LogP contribution is -2.44. The number of hydrogen-bond acceptors (Lipinski definition) is 6. The SMILES string of the molecule is CC1COCCN1c1nc(-c2ccnc3[nH]ccc23)nc2c1C[S+]([O-])C2(C)C. The predicted octanol–water partition coefficient (Wildman–Crippen LogP) is 2.74. The molecule has 0 aliphatic carbocycles. The highest BCUT2D eigenvalue weighted by molar-refractivity contribution is 7.91. The smallest absolute Gasteiger partial charge is 0.162 e. The fourth-order valence-corrected chi connectivity index (χ4v) is 5.35. The molecule has 1 N–H and O–H groups in total. The van der Waals surface area contributed by atoms with Gasteiger partial charge >= 0.3 is 0 Å². The quantitative estimate of drug-likeness (QED) is 0.669. The van der Waals surface area contributed by atoms with Crippen molar-refractivity contribution < 1.29 is 9.29 Å². The molecule has 0 radical (unpaired) electrons. The highest BCUT2D eigenvalue weighted by Crippen LogP contribution is 2.45. The Labute approximate surface area is 166 Å². The number of nitrogens with zero attached hydrogens (tertiary/aromatic N) is 4. The summed E-state index contributed by atoms with van der Waals surface area (Å²) in [7, 11) is 0. The molecule has 2 atom stereocenters. The maximum atomic E-state index is 12.9. The van der Waals surface area contributed by atoms with Gasteiger partial charge in [-0.2, -0.15) is 0 Å². The molecule has 2 aliphatic rings. The van der Waals surface area contributed by atoms with E-state index in [0.717, 1.165) is 40.2 Å². The molecule has 0 bridgehead atoms. The van der Waals surface area contributed by atoms with Gasteiger partial charge in [0.15, 0.2) is 10.6 Å². The molecule has 3 aromatic heterocycles. The summed E-state index contributed by atoms with van der Waals surface area (Å²) in [5, 5.41) is 0.986. The molecule has 1 saturated heterocycles. The summed E-state index contributed by atoms with van der Waals surface area (Å²) in [5.74, 6) is 2.06. The number of pyridine rings is 1. The Balaban J connectivity index is 1.75. The van der Waals surface area contributed by atoms with Crippen LogP contribution in [-0.4, -0.2) is 50.3 Å². The van der Waals surface area contributed by atoms with Crippen molar-refractivity contribution in [3.63, 3.8) is 0 Å². The summed E-state index contributed by atoms with van der Waals surface area (Å²) < 4.78 is 18.0. The number of aromatic nitrogens is 4. The summed E-state index contributed by atoms with van der Waals surface area (Å²) in [5.41, 5.74) is 3.65. The average Bonchev–Trinajstić information content (AvgIpc) is 3.25. The van der Waals surface area contributed by atoms with Crippen molar-refractivity contribution in [2.45, 2.75) is 37.3 Å². The maximum Gasteiger partial charge on any atom is 0.162 e. The Bertz CT molecular complexity index is 1050. The molecular weight excluding hydrogens is 374 g/mol. The predicted molar refractivity (Wildman–Crippen MR) is 110 cm³/mol. The number of aromatic amines is 1. The van der Waals surface area contributed by atoms with Crippen molar-refractivity contribution in [3.05, 3.63) is 35.8 Å². The minimum absolute atomic E-state index is 0.211. The zero-order chi connectivity index (χ0) is 19.5. The van der Waals surface area contributed by atoms with E-state index in [1.165, 1.54) is 0 Å². The largest absolute Gasteiger partial charge is 0.615 e. The minimum Gasteiger partial charge on any atom is -0.615 e. The van der Waals surface area contributed by atoms with Crippen molar-refractivity contribution in [2.24, 2.45) is 0 Å². The second kappa shape index (κ2) is 6.43. The van der Waals surface area contributed by atoms with Gasteiger partial charge in [-0.05, 0) is 44.1 Å². The molecule has 1 fully saturated rings. The Kier molecular flexibility index (Phi) is 4.12. The van der Waals surface area contributed by atoms with E-state index in [2.05, 4.69) is 21.8 Å². The van der Waals surface area contributed by atoms with Crippen LogP contribution >= 0.6 is 0 Å². The molecular formula is C20H23N5O2S. The number of hydrogen-bond donors (Lipinski definition) is 1. The molecule has 0 spiro atoms. The molecule has 0 saturated carbocycles. The van der Waals surface area contributed by atoms with Gasteiger partial charge in [-0.25, -0.2) is 15.0 Å². The van der Waals surface area contributed by atoms with Crippen LogP contribution in [-0.2, 0) is 26.4 Å². The standard InChI is InChI=1S/C20H23N5O2S/c1-12-10-27-9-8-25(12)19-15-11-28(26)20(2,3)16(15)23-18(24-19)14-5-7-22-17-13(14)4-6-21-17/h4-7,12H,8-11H2,1-3H3,(H,21,22). The lowest BCUT2D eigenvalue weighted by atomic mass is 10.0. The molecule has 5 heterocycles. The molecule has 0 amide bonds. The van der Waals surface area contributed by atoms with E-state index in [0.29, 0.717) is 24.8 Å². The summed E-state index contributed by atoms with van der Waals surface area (Å²) in [6.07, 6.45) is 3.64. The fraction of sp³-hybridized carbons (Fsp3) is 0.450. The summed E-state index contributed by atoms with van der Waals surface area (Å²) in [4.78, 5) is 19.7. The highest BCUT2D eigenvalue weighted by Gasteiger charge is 2.47. The zero-order valence-corrected chi connectivity index (χ0v) is 17.0. The number of morpholine rings is 1. The fourth-order valence-electron chi connectivity index (χ4n) is 4.08. The topological polar surface area (TPSA) is 90.0 Å². The van der Waals surface area contributed by atoms with Crippen LogP contribution in [0, 0.1) is 0 Å². The van der Waals surface area contributed by atoms with E-state index < -0.39 is 15.9 Å². The lowest BCUT2D eigenvalue weighted by molar-refractivity contribution is 0.0984. The van der Waals surface area contributed by atoms with Gasteiger partial charge in [-0.1, -0.05) is 0 Å². The van der Waals surface area contributed by atoms with Crippen LogP contribution in [0.3, 0.4) is 0 Å². The number of ether oxygens (including phenoxy) is 1. The van der Waals surface area contributed by atoms with Crippen molar-refractivity contribution in [3.8, 4) is 11.4 Å². The van der Waals surface area contributed by atoms with Gasteiger partial charge in [0, 0.05) is 29.9 Å². The number of rotatable bonds is 2. The van der Waals surface area contributed by atoms with Crippen molar-refractivity contribution in [2.75, 3.05) is 24.7 Å². The van der Waals surface area contributed by atoms with Crippen LogP contribution < -0.4 is 4.90 Å². The van der Waals surface area contributed by atoms with Crippen LogP contribution in [0.15, 0.2) is 24.5 Å². The Morgan fingerprint density at radius 3 is 3.00 bits per heavy atom. The Hall–Kier alpha value is -2.16. The van der Waals surface area contributed by atoms with Gasteiger partial charge < -0.3 is 19.2 Å². The van der Waals surface area contributed by atoms with Crippen LogP contribution in [0.2, 0.25) is 0 Å². The second-order valence-corrected chi connectivity index (χ2v) is 9.91. The van der Waals surface area contributed by atoms with Gasteiger partial charge in [-0.3, -0.25) is 0 Å². The van der Waals surface area contributed by atoms with Crippen LogP contribution in [0.1, 0.15) is 32.0 Å². The van der Waals surface area contributed by atoms with Crippen LogP contribution in [0.4, 0.5) is 5.82 Å². The average molecular weight is 398 g/mol. The Morgan fingerprint density at radius 1 is 1.32 bits per heavy atom. The van der Waals surface area contributed by atoms with E-state index in [-0.39, 0.29) is 6.04 Å². The van der Waals surface area contributed by atoms with Crippen molar-refractivity contribution in [1.29, 1.82) is 0 Å². The molecule has 28 heavy (non-hydrogen) atoms. The van der Waals surface area contributed by atoms with Crippen LogP contribution in [0.5, 0.6) is 0 Å². The van der Waals surface area contributed by atoms with Gasteiger partial charge in [0.25, 0.3) is 0 Å². The van der Waals surface area contributed by atoms with Gasteiger partial charge in [-0.15, -0.1) is 0 Å². The molecule has 2 unspecified atom stereocenters. The molecule has 0 aromatic carbocycles. The van der Waals surface area contributed by atoms with E-state index >= 15 is 0 Å². The molecule has 3 aromatic rings. The first-order valence-electron chi connectivity index (χ1n) is 9.53. The van der Waals surface area contributed by atoms with Gasteiger partial charge in [0.05, 0.1) is 24.8 Å². The lowest BCUT2D eigenvalue weighted by Gasteiger charge is -2.35. The minimum atomic E-state index is -1.02. The summed E-state index contributed by atoms with van der Waals surface area (Å²) >= 11 is -1.02. The molecule has 146 valence electrons.